The van der Waals surface area contributed by atoms with Crippen molar-refractivity contribution in [2.75, 3.05) is 13.6 Å². The molecule has 1 aromatic carbocycles. The van der Waals surface area contributed by atoms with Gasteiger partial charge in [0.15, 0.2) is 0 Å². The molecule has 0 spiro atoms. The SMILES string of the molecule is CN(Cc1ccc(Cl)cc1Cl)C(=O)CCCNC(=O)OC(C)(C)C. The van der Waals surface area contributed by atoms with Gasteiger partial charge in [0, 0.05) is 36.6 Å². The highest BCUT2D eigenvalue weighted by atomic mass is 35.5. The van der Waals surface area contributed by atoms with E-state index in [1.807, 2.05) is 0 Å². The monoisotopic (exact) mass is 374 g/mol. The zero-order valence-electron chi connectivity index (χ0n) is 14.5. The van der Waals surface area contributed by atoms with Crippen molar-refractivity contribution in [1.29, 1.82) is 0 Å². The second-order valence-corrected chi connectivity index (χ2v) is 7.36. The van der Waals surface area contributed by atoms with E-state index in [2.05, 4.69) is 5.32 Å². The van der Waals surface area contributed by atoms with E-state index in [0.29, 0.717) is 36.0 Å². The largest absolute Gasteiger partial charge is 0.444 e. The fourth-order valence-electron chi connectivity index (χ4n) is 1.93. The van der Waals surface area contributed by atoms with Crippen LogP contribution < -0.4 is 5.32 Å². The summed E-state index contributed by atoms with van der Waals surface area (Å²) in [4.78, 5) is 25.2. The normalized spacial score (nSPS) is 11.1. The van der Waals surface area contributed by atoms with Gasteiger partial charge in [0.2, 0.25) is 5.91 Å². The summed E-state index contributed by atoms with van der Waals surface area (Å²) in [6, 6.07) is 5.20. The number of alkyl carbamates (subject to hydrolysis) is 1. The van der Waals surface area contributed by atoms with E-state index in [-0.39, 0.29) is 5.91 Å². The molecule has 0 aliphatic rings. The van der Waals surface area contributed by atoms with Crippen molar-refractivity contribution in [3.63, 3.8) is 0 Å². The predicted octanol–water partition coefficient (Wildman–Crippen LogP) is 4.26. The van der Waals surface area contributed by atoms with E-state index in [9.17, 15) is 9.59 Å². The van der Waals surface area contributed by atoms with Gasteiger partial charge in [-0.15, -0.1) is 0 Å². The van der Waals surface area contributed by atoms with Crippen molar-refractivity contribution in [1.82, 2.24) is 10.2 Å². The average molecular weight is 375 g/mol. The van der Waals surface area contributed by atoms with Gasteiger partial charge in [-0.1, -0.05) is 29.3 Å². The molecule has 2 amide bonds. The van der Waals surface area contributed by atoms with Crippen molar-refractivity contribution in [2.24, 2.45) is 0 Å². The van der Waals surface area contributed by atoms with Crippen LogP contribution in [0.1, 0.15) is 39.2 Å². The average Bonchev–Trinajstić information content (AvgIpc) is 2.44. The van der Waals surface area contributed by atoms with Crippen molar-refractivity contribution < 1.29 is 14.3 Å². The molecular weight excluding hydrogens is 351 g/mol. The first-order valence-corrected chi connectivity index (χ1v) is 8.49. The van der Waals surface area contributed by atoms with Gasteiger partial charge in [-0.3, -0.25) is 4.79 Å². The fraction of sp³-hybridized carbons (Fsp3) is 0.529. The van der Waals surface area contributed by atoms with Crippen LogP contribution in [0.2, 0.25) is 10.0 Å². The third kappa shape index (κ3) is 7.88. The van der Waals surface area contributed by atoms with E-state index < -0.39 is 11.7 Å². The molecule has 7 heteroatoms. The summed E-state index contributed by atoms with van der Waals surface area (Å²) in [7, 11) is 1.72. The molecule has 0 bridgehead atoms. The molecule has 134 valence electrons. The Morgan fingerprint density at radius 2 is 1.92 bits per heavy atom. The second-order valence-electron chi connectivity index (χ2n) is 6.52. The number of amides is 2. The summed E-state index contributed by atoms with van der Waals surface area (Å²) in [5.41, 5.74) is 0.307. The van der Waals surface area contributed by atoms with Crippen LogP contribution in [-0.4, -0.2) is 36.1 Å². The Morgan fingerprint density at radius 1 is 1.25 bits per heavy atom. The molecule has 0 atom stereocenters. The van der Waals surface area contributed by atoms with Gasteiger partial charge in [0.25, 0.3) is 0 Å². The van der Waals surface area contributed by atoms with Crippen LogP contribution in [-0.2, 0) is 16.1 Å². The third-order valence-corrected chi connectivity index (χ3v) is 3.67. The molecule has 1 N–H and O–H groups in total. The van der Waals surface area contributed by atoms with Gasteiger partial charge in [-0.2, -0.15) is 0 Å². The van der Waals surface area contributed by atoms with Crippen LogP contribution in [0.25, 0.3) is 0 Å². The molecule has 0 aliphatic carbocycles. The highest BCUT2D eigenvalue weighted by Gasteiger charge is 2.16. The van der Waals surface area contributed by atoms with E-state index >= 15 is 0 Å². The number of ether oxygens (including phenoxy) is 1. The van der Waals surface area contributed by atoms with Gasteiger partial charge in [0.05, 0.1) is 0 Å². The lowest BCUT2D eigenvalue weighted by Gasteiger charge is -2.20. The first-order valence-electron chi connectivity index (χ1n) is 7.73. The minimum absolute atomic E-state index is 0.0213. The summed E-state index contributed by atoms with van der Waals surface area (Å²) >= 11 is 12.0. The van der Waals surface area contributed by atoms with Crippen LogP contribution >= 0.6 is 23.2 Å². The molecule has 0 aliphatic heterocycles. The van der Waals surface area contributed by atoms with Crippen LogP contribution in [0.3, 0.4) is 0 Å². The smallest absolute Gasteiger partial charge is 0.407 e. The maximum atomic E-state index is 12.1. The molecule has 0 aromatic heterocycles. The van der Waals surface area contributed by atoms with Crippen molar-refractivity contribution >= 4 is 35.2 Å². The molecule has 1 rings (SSSR count). The standard InChI is InChI=1S/C17H24Cl2N2O3/c1-17(2,3)24-16(23)20-9-5-6-15(22)21(4)11-12-7-8-13(18)10-14(12)19/h7-8,10H,5-6,9,11H2,1-4H3,(H,20,23). The Kier molecular flexibility index (Phi) is 7.84. The second kappa shape index (κ2) is 9.14. The summed E-state index contributed by atoms with van der Waals surface area (Å²) in [5, 5.41) is 3.73. The molecule has 0 unspecified atom stereocenters. The summed E-state index contributed by atoms with van der Waals surface area (Å²) in [6.45, 7) is 6.19. The van der Waals surface area contributed by atoms with Crippen molar-refractivity contribution in [3.8, 4) is 0 Å². The summed E-state index contributed by atoms with van der Waals surface area (Å²) in [6.07, 6.45) is 0.394. The van der Waals surface area contributed by atoms with E-state index in [0.717, 1.165) is 5.56 Å². The van der Waals surface area contributed by atoms with Gasteiger partial charge in [-0.25, -0.2) is 4.79 Å². The molecule has 24 heavy (non-hydrogen) atoms. The van der Waals surface area contributed by atoms with Gasteiger partial charge in [0.1, 0.15) is 5.60 Å². The summed E-state index contributed by atoms with van der Waals surface area (Å²) < 4.78 is 5.12. The molecular formula is C17H24Cl2N2O3. The van der Waals surface area contributed by atoms with Crippen LogP contribution in [0.15, 0.2) is 18.2 Å². The van der Waals surface area contributed by atoms with Crippen LogP contribution in [0.4, 0.5) is 4.79 Å². The number of carbonyl (C=O) groups is 2. The van der Waals surface area contributed by atoms with Crippen LogP contribution in [0, 0.1) is 0 Å². The maximum absolute atomic E-state index is 12.1. The number of halogens is 2. The first-order chi connectivity index (χ1) is 11.1. The minimum Gasteiger partial charge on any atom is -0.444 e. The lowest BCUT2D eigenvalue weighted by molar-refractivity contribution is -0.130. The number of nitrogens with one attached hydrogen (secondary N) is 1. The van der Waals surface area contributed by atoms with Gasteiger partial charge < -0.3 is 15.0 Å². The molecule has 0 saturated carbocycles. The number of nitrogens with zero attached hydrogens (tertiary/aromatic N) is 1. The molecule has 5 nitrogen and oxygen atoms in total. The number of benzene rings is 1. The quantitative estimate of drug-likeness (QED) is 0.756. The Balaban J connectivity index is 2.33. The molecule has 1 aromatic rings. The van der Waals surface area contributed by atoms with Gasteiger partial charge in [-0.05, 0) is 44.9 Å². The number of hydrogen-bond acceptors (Lipinski definition) is 3. The van der Waals surface area contributed by atoms with Gasteiger partial charge >= 0.3 is 6.09 Å². The Morgan fingerprint density at radius 3 is 2.50 bits per heavy atom. The molecule has 0 saturated heterocycles. The molecule has 0 heterocycles. The number of hydrogen-bond donors (Lipinski definition) is 1. The van der Waals surface area contributed by atoms with Crippen molar-refractivity contribution in [2.45, 2.75) is 45.8 Å². The fourth-order valence-corrected chi connectivity index (χ4v) is 2.40. The third-order valence-electron chi connectivity index (χ3n) is 3.08. The molecule has 0 fully saturated rings. The highest BCUT2D eigenvalue weighted by molar-refractivity contribution is 6.35. The number of rotatable bonds is 6. The Labute approximate surface area is 153 Å². The Hall–Kier alpha value is -1.46. The maximum Gasteiger partial charge on any atom is 0.407 e. The van der Waals surface area contributed by atoms with Crippen LogP contribution in [0.5, 0.6) is 0 Å². The lowest BCUT2D eigenvalue weighted by Crippen LogP contribution is -2.33. The minimum atomic E-state index is -0.530. The Bertz CT molecular complexity index is 586. The van der Waals surface area contributed by atoms with Crippen molar-refractivity contribution in [3.05, 3.63) is 33.8 Å². The van der Waals surface area contributed by atoms with E-state index in [1.54, 1.807) is 50.9 Å². The predicted molar refractivity (Wildman–Crippen MR) is 96.4 cm³/mol. The van der Waals surface area contributed by atoms with E-state index in [4.69, 9.17) is 27.9 Å². The summed E-state index contributed by atoms with van der Waals surface area (Å²) in [5.74, 6) is -0.0213. The first kappa shape index (κ1) is 20.6. The zero-order valence-corrected chi connectivity index (χ0v) is 16.0. The molecule has 0 radical (unpaired) electrons. The number of carbonyl (C=O) groups excluding carboxylic acids is 2. The topological polar surface area (TPSA) is 58.6 Å². The highest BCUT2D eigenvalue weighted by Crippen LogP contribution is 2.22. The zero-order chi connectivity index (χ0) is 18.3. The lowest BCUT2D eigenvalue weighted by atomic mass is 10.2. The van der Waals surface area contributed by atoms with E-state index in [1.165, 1.54) is 0 Å².